The van der Waals surface area contributed by atoms with E-state index in [0.717, 1.165) is 0 Å². The van der Waals surface area contributed by atoms with Crippen LogP contribution in [0.25, 0.3) is 0 Å². The van der Waals surface area contributed by atoms with E-state index in [9.17, 15) is 9.59 Å². The van der Waals surface area contributed by atoms with E-state index in [2.05, 4.69) is 10.6 Å². The van der Waals surface area contributed by atoms with E-state index in [4.69, 9.17) is 4.74 Å². The number of carbonyl (C=O) groups excluding carboxylic acids is 2. The predicted molar refractivity (Wildman–Crippen MR) is 75.8 cm³/mol. The lowest BCUT2D eigenvalue weighted by atomic mass is 10.2. The Hall–Kier alpha value is -2.08. The number of ether oxygens (including phenoxy) is 1. The molecule has 1 aromatic carbocycles. The third-order valence-electron chi connectivity index (χ3n) is 3.07. The van der Waals surface area contributed by atoms with Crippen LogP contribution < -0.4 is 20.3 Å². The Morgan fingerprint density at radius 3 is 2.85 bits per heavy atom. The maximum atomic E-state index is 12.2. The molecule has 1 aromatic rings. The minimum atomic E-state index is -0.574. The van der Waals surface area contributed by atoms with E-state index in [1.165, 1.54) is 4.90 Å². The van der Waals surface area contributed by atoms with Crippen LogP contribution >= 0.6 is 0 Å². The first-order valence-corrected chi connectivity index (χ1v) is 6.62. The van der Waals surface area contributed by atoms with Gasteiger partial charge in [0, 0.05) is 13.1 Å². The van der Waals surface area contributed by atoms with Crippen LogP contribution in [0.15, 0.2) is 24.3 Å². The first kappa shape index (κ1) is 14.3. The lowest BCUT2D eigenvalue weighted by Gasteiger charge is -2.32. The molecule has 0 fully saturated rings. The number of amides is 2. The monoisotopic (exact) mass is 277 g/mol. The fourth-order valence-corrected chi connectivity index (χ4v) is 2.05. The summed E-state index contributed by atoms with van der Waals surface area (Å²) >= 11 is 0. The van der Waals surface area contributed by atoms with Gasteiger partial charge in [0.15, 0.2) is 6.10 Å². The maximum Gasteiger partial charge on any atom is 0.268 e. The van der Waals surface area contributed by atoms with Crippen LogP contribution in [-0.4, -0.2) is 44.6 Å². The molecule has 2 N–H and O–H groups in total. The summed E-state index contributed by atoms with van der Waals surface area (Å²) in [6, 6.07) is 7.23. The molecular formula is C14H19N3O3. The van der Waals surface area contributed by atoms with Gasteiger partial charge in [-0.3, -0.25) is 14.5 Å². The molecule has 2 rings (SSSR count). The molecule has 0 aliphatic carbocycles. The molecule has 2 amide bonds. The van der Waals surface area contributed by atoms with E-state index < -0.39 is 6.10 Å². The zero-order valence-corrected chi connectivity index (χ0v) is 11.7. The summed E-state index contributed by atoms with van der Waals surface area (Å²) in [4.78, 5) is 25.5. The molecule has 0 bridgehead atoms. The SMILES string of the molecule is CNCCNC(=O)CN1C(=O)C(C)Oc2ccccc21. The highest BCUT2D eigenvalue weighted by Crippen LogP contribution is 2.33. The van der Waals surface area contributed by atoms with Crippen molar-refractivity contribution in [2.24, 2.45) is 0 Å². The summed E-state index contributed by atoms with van der Waals surface area (Å²) in [5.74, 6) is 0.243. The fourth-order valence-electron chi connectivity index (χ4n) is 2.05. The molecule has 6 heteroatoms. The van der Waals surface area contributed by atoms with Gasteiger partial charge in [0.05, 0.1) is 5.69 Å². The second-order valence-corrected chi connectivity index (χ2v) is 4.61. The highest BCUT2D eigenvalue weighted by Gasteiger charge is 2.32. The van der Waals surface area contributed by atoms with Crippen LogP contribution in [0.4, 0.5) is 5.69 Å². The van der Waals surface area contributed by atoms with Crippen LogP contribution in [-0.2, 0) is 9.59 Å². The molecule has 0 saturated carbocycles. The summed E-state index contributed by atoms with van der Waals surface area (Å²) in [5.41, 5.74) is 0.638. The van der Waals surface area contributed by atoms with E-state index in [1.54, 1.807) is 19.1 Å². The molecule has 1 unspecified atom stereocenters. The lowest BCUT2D eigenvalue weighted by molar-refractivity contribution is -0.128. The van der Waals surface area contributed by atoms with Crippen LogP contribution in [0.5, 0.6) is 5.75 Å². The number of hydrogen-bond donors (Lipinski definition) is 2. The summed E-state index contributed by atoms with van der Waals surface area (Å²) in [7, 11) is 1.82. The Bertz CT molecular complexity index is 504. The molecule has 20 heavy (non-hydrogen) atoms. The number of benzene rings is 1. The summed E-state index contributed by atoms with van der Waals surface area (Å²) < 4.78 is 5.52. The third kappa shape index (κ3) is 3.08. The zero-order valence-electron chi connectivity index (χ0n) is 11.7. The first-order valence-electron chi connectivity index (χ1n) is 6.62. The van der Waals surface area contributed by atoms with Crippen LogP contribution in [0.3, 0.4) is 0 Å². The standard InChI is InChI=1S/C14H19N3O3/c1-10-14(19)17(9-13(18)16-8-7-15-2)11-5-3-4-6-12(11)20-10/h3-6,10,15H,7-9H2,1-2H3,(H,16,18). The van der Waals surface area contributed by atoms with Gasteiger partial charge in [-0.2, -0.15) is 0 Å². The van der Waals surface area contributed by atoms with E-state index in [-0.39, 0.29) is 18.4 Å². The van der Waals surface area contributed by atoms with E-state index >= 15 is 0 Å². The Kier molecular flexibility index (Phi) is 4.57. The molecule has 6 nitrogen and oxygen atoms in total. The summed E-state index contributed by atoms with van der Waals surface area (Å²) in [5, 5.41) is 5.70. The number of carbonyl (C=O) groups is 2. The molecular weight excluding hydrogens is 258 g/mol. The van der Waals surface area contributed by atoms with Crippen molar-refractivity contribution in [3.05, 3.63) is 24.3 Å². The van der Waals surface area contributed by atoms with Gasteiger partial charge in [-0.05, 0) is 26.1 Å². The molecule has 1 heterocycles. The van der Waals surface area contributed by atoms with E-state index in [1.807, 2.05) is 19.2 Å². The number of fused-ring (bicyclic) bond motifs is 1. The van der Waals surface area contributed by atoms with Crippen molar-refractivity contribution in [3.8, 4) is 5.75 Å². The van der Waals surface area contributed by atoms with Crippen molar-refractivity contribution in [1.29, 1.82) is 0 Å². The first-order chi connectivity index (χ1) is 9.63. The van der Waals surface area contributed by atoms with Gasteiger partial charge < -0.3 is 15.4 Å². The highest BCUT2D eigenvalue weighted by molar-refractivity contribution is 6.03. The van der Waals surface area contributed by atoms with Gasteiger partial charge >= 0.3 is 0 Å². The van der Waals surface area contributed by atoms with Crippen molar-refractivity contribution < 1.29 is 14.3 Å². The number of hydrogen-bond acceptors (Lipinski definition) is 4. The second-order valence-electron chi connectivity index (χ2n) is 4.61. The number of nitrogens with zero attached hydrogens (tertiary/aromatic N) is 1. The molecule has 0 spiro atoms. The van der Waals surface area contributed by atoms with Gasteiger partial charge in [0.25, 0.3) is 5.91 Å². The average molecular weight is 277 g/mol. The topological polar surface area (TPSA) is 70.7 Å². The molecule has 1 aliphatic rings. The fraction of sp³-hybridized carbons (Fsp3) is 0.429. The van der Waals surface area contributed by atoms with Crippen molar-refractivity contribution in [1.82, 2.24) is 10.6 Å². The number of anilines is 1. The molecule has 0 aromatic heterocycles. The lowest BCUT2D eigenvalue weighted by Crippen LogP contribution is -2.49. The molecule has 0 radical (unpaired) electrons. The van der Waals surface area contributed by atoms with Gasteiger partial charge in [0.2, 0.25) is 5.91 Å². The summed E-state index contributed by atoms with van der Waals surface area (Å²) in [6.45, 7) is 2.91. The minimum absolute atomic E-state index is 0.00720. The molecule has 0 saturated heterocycles. The third-order valence-corrected chi connectivity index (χ3v) is 3.07. The Morgan fingerprint density at radius 1 is 1.35 bits per heavy atom. The second kappa shape index (κ2) is 6.38. The maximum absolute atomic E-state index is 12.2. The largest absolute Gasteiger partial charge is 0.479 e. The Balaban J connectivity index is 2.09. The van der Waals surface area contributed by atoms with Gasteiger partial charge in [-0.1, -0.05) is 12.1 Å². The normalized spacial score (nSPS) is 17.4. The van der Waals surface area contributed by atoms with Crippen molar-refractivity contribution in [2.45, 2.75) is 13.0 Å². The van der Waals surface area contributed by atoms with Crippen molar-refractivity contribution >= 4 is 17.5 Å². The van der Waals surface area contributed by atoms with Crippen molar-refractivity contribution in [2.75, 3.05) is 31.6 Å². The minimum Gasteiger partial charge on any atom is -0.479 e. The highest BCUT2D eigenvalue weighted by atomic mass is 16.5. The van der Waals surface area contributed by atoms with Crippen LogP contribution in [0, 0.1) is 0 Å². The van der Waals surface area contributed by atoms with Gasteiger partial charge in [-0.25, -0.2) is 0 Å². The number of likely N-dealkylation sites (N-methyl/N-ethyl adjacent to an activating group) is 1. The number of rotatable bonds is 5. The Morgan fingerprint density at radius 2 is 2.10 bits per heavy atom. The smallest absolute Gasteiger partial charge is 0.268 e. The van der Waals surface area contributed by atoms with Gasteiger partial charge in [0.1, 0.15) is 12.3 Å². The number of para-hydroxylation sites is 2. The Labute approximate surface area is 118 Å². The zero-order chi connectivity index (χ0) is 14.5. The van der Waals surface area contributed by atoms with Crippen LogP contribution in [0.2, 0.25) is 0 Å². The van der Waals surface area contributed by atoms with Crippen LogP contribution in [0.1, 0.15) is 6.92 Å². The molecule has 1 aliphatic heterocycles. The number of nitrogens with one attached hydrogen (secondary N) is 2. The predicted octanol–water partition coefficient (Wildman–Crippen LogP) is 0.136. The van der Waals surface area contributed by atoms with Crippen molar-refractivity contribution in [3.63, 3.8) is 0 Å². The average Bonchev–Trinajstić information content (AvgIpc) is 2.44. The molecule has 1 atom stereocenters. The van der Waals surface area contributed by atoms with Gasteiger partial charge in [-0.15, -0.1) is 0 Å². The quantitative estimate of drug-likeness (QED) is 0.751. The van der Waals surface area contributed by atoms with E-state index in [0.29, 0.717) is 24.5 Å². The molecule has 108 valence electrons. The summed E-state index contributed by atoms with van der Waals surface area (Å²) in [6.07, 6.45) is -0.574.